The van der Waals surface area contributed by atoms with Gasteiger partial charge in [-0.3, -0.25) is 4.79 Å². The minimum atomic E-state index is -1.02. The SMILES string of the molecule is CCCC(C)(NC(=O)/C=C/c1ccccc1Cl)C(=O)OC. The van der Waals surface area contributed by atoms with E-state index in [4.69, 9.17) is 16.3 Å². The minimum absolute atomic E-state index is 0.365. The number of amides is 1. The second-order valence-corrected chi connectivity index (χ2v) is 5.32. The Morgan fingerprint density at radius 1 is 1.38 bits per heavy atom. The maximum Gasteiger partial charge on any atom is 0.331 e. The van der Waals surface area contributed by atoms with Gasteiger partial charge in [-0.25, -0.2) is 4.79 Å². The van der Waals surface area contributed by atoms with Crippen LogP contribution in [0, 0.1) is 0 Å². The van der Waals surface area contributed by atoms with Gasteiger partial charge in [-0.1, -0.05) is 43.1 Å². The van der Waals surface area contributed by atoms with Crippen LogP contribution in [-0.4, -0.2) is 24.5 Å². The highest BCUT2D eigenvalue weighted by Crippen LogP contribution is 2.17. The van der Waals surface area contributed by atoms with Gasteiger partial charge in [0.15, 0.2) is 0 Å². The van der Waals surface area contributed by atoms with E-state index in [0.717, 1.165) is 12.0 Å². The summed E-state index contributed by atoms with van der Waals surface area (Å²) in [5, 5.41) is 3.25. The smallest absolute Gasteiger partial charge is 0.331 e. The summed E-state index contributed by atoms with van der Waals surface area (Å²) in [4.78, 5) is 23.8. The number of nitrogens with one attached hydrogen (secondary N) is 1. The van der Waals surface area contributed by atoms with Crippen LogP contribution in [0.2, 0.25) is 5.02 Å². The first-order valence-corrected chi connectivity index (χ1v) is 7.14. The molecule has 1 unspecified atom stereocenters. The zero-order chi connectivity index (χ0) is 15.9. The molecule has 1 N–H and O–H groups in total. The molecule has 1 amide bonds. The third-order valence-electron chi connectivity index (χ3n) is 3.10. The van der Waals surface area contributed by atoms with Crippen molar-refractivity contribution in [3.63, 3.8) is 0 Å². The molecule has 1 atom stereocenters. The summed E-state index contributed by atoms with van der Waals surface area (Å²) in [5.74, 6) is -0.819. The van der Waals surface area contributed by atoms with Crippen molar-refractivity contribution in [1.82, 2.24) is 5.32 Å². The Labute approximate surface area is 130 Å². The van der Waals surface area contributed by atoms with E-state index >= 15 is 0 Å². The zero-order valence-electron chi connectivity index (χ0n) is 12.5. The summed E-state index contributed by atoms with van der Waals surface area (Å²) in [6.07, 6.45) is 4.23. The van der Waals surface area contributed by atoms with Crippen molar-refractivity contribution in [3.05, 3.63) is 40.9 Å². The predicted octanol–water partition coefficient (Wildman–Crippen LogP) is 3.20. The molecule has 0 fully saturated rings. The minimum Gasteiger partial charge on any atom is -0.467 e. The van der Waals surface area contributed by atoms with Gasteiger partial charge in [0, 0.05) is 11.1 Å². The molecule has 4 nitrogen and oxygen atoms in total. The van der Waals surface area contributed by atoms with E-state index in [-0.39, 0.29) is 5.91 Å². The first kappa shape index (κ1) is 17.2. The lowest BCUT2D eigenvalue weighted by Crippen LogP contribution is -2.52. The molecule has 21 heavy (non-hydrogen) atoms. The summed E-state index contributed by atoms with van der Waals surface area (Å²) in [5.41, 5.74) is -0.282. The quantitative estimate of drug-likeness (QED) is 0.648. The van der Waals surface area contributed by atoms with Crippen molar-refractivity contribution in [3.8, 4) is 0 Å². The molecule has 114 valence electrons. The molecule has 0 saturated heterocycles. The molecule has 0 spiro atoms. The number of rotatable bonds is 6. The molecule has 0 radical (unpaired) electrons. The van der Waals surface area contributed by atoms with Crippen LogP contribution in [0.1, 0.15) is 32.3 Å². The number of hydrogen-bond donors (Lipinski definition) is 1. The molecule has 0 aliphatic rings. The standard InChI is InChI=1S/C16H20ClNO3/c1-4-11-16(2,15(20)21-3)18-14(19)10-9-12-7-5-6-8-13(12)17/h5-10H,4,11H2,1-3H3,(H,18,19)/b10-9+. The Hall–Kier alpha value is -1.81. The maximum absolute atomic E-state index is 12.0. The zero-order valence-corrected chi connectivity index (χ0v) is 13.2. The van der Waals surface area contributed by atoms with Crippen molar-refractivity contribution in [2.45, 2.75) is 32.2 Å². The van der Waals surface area contributed by atoms with E-state index in [9.17, 15) is 9.59 Å². The van der Waals surface area contributed by atoms with Gasteiger partial charge in [0.1, 0.15) is 5.54 Å². The van der Waals surface area contributed by atoms with Crippen LogP contribution in [0.25, 0.3) is 6.08 Å². The van der Waals surface area contributed by atoms with Gasteiger partial charge >= 0.3 is 5.97 Å². The third-order valence-corrected chi connectivity index (χ3v) is 3.45. The molecule has 0 heterocycles. The lowest BCUT2D eigenvalue weighted by atomic mass is 9.96. The molecule has 1 aromatic rings. The second-order valence-electron chi connectivity index (χ2n) is 4.92. The third kappa shape index (κ3) is 4.90. The lowest BCUT2D eigenvalue weighted by Gasteiger charge is -2.26. The van der Waals surface area contributed by atoms with Crippen LogP contribution < -0.4 is 5.32 Å². The molecular formula is C16H20ClNO3. The molecule has 0 saturated carbocycles. The average molecular weight is 310 g/mol. The van der Waals surface area contributed by atoms with Crippen LogP contribution in [0.15, 0.2) is 30.3 Å². The summed E-state index contributed by atoms with van der Waals surface area (Å²) < 4.78 is 4.75. The average Bonchev–Trinajstić information content (AvgIpc) is 2.45. The number of halogens is 1. The van der Waals surface area contributed by atoms with E-state index in [0.29, 0.717) is 11.4 Å². The van der Waals surface area contributed by atoms with Crippen LogP contribution in [0.5, 0.6) is 0 Å². The fourth-order valence-corrected chi connectivity index (χ4v) is 2.23. The summed E-state index contributed by atoms with van der Waals surface area (Å²) in [6, 6.07) is 7.20. The van der Waals surface area contributed by atoms with E-state index in [2.05, 4.69) is 5.32 Å². The Bertz CT molecular complexity index is 542. The molecule has 1 aromatic carbocycles. The molecule has 0 bridgehead atoms. The van der Waals surface area contributed by atoms with Gasteiger partial charge in [0.25, 0.3) is 0 Å². The number of benzene rings is 1. The van der Waals surface area contributed by atoms with Gasteiger partial charge in [-0.05, 0) is 31.1 Å². The van der Waals surface area contributed by atoms with Gasteiger partial charge in [-0.15, -0.1) is 0 Å². The first-order chi connectivity index (χ1) is 9.92. The van der Waals surface area contributed by atoms with E-state index in [1.165, 1.54) is 13.2 Å². The summed E-state index contributed by atoms with van der Waals surface area (Å²) in [6.45, 7) is 3.59. The van der Waals surface area contributed by atoms with E-state index in [1.807, 2.05) is 19.1 Å². The monoisotopic (exact) mass is 309 g/mol. The Kier molecular flexibility index (Phi) is 6.43. The van der Waals surface area contributed by atoms with Crippen LogP contribution >= 0.6 is 11.6 Å². The Morgan fingerprint density at radius 2 is 2.05 bits per heavy atom. The first-order valence-electron chi connectivity index (χ1n) is 6.76. The number of hydrogen-bond acceptors (Lipinski definition) is 3. The van der Waals surface area contributed by atoms with Crippen molar-refractivity contribution >= 4 is 29.6 Å². The number of carbonyl (C=O) groups excluding carboxylic acids is 2. The second kappa shape index (κ2) is 7.84. The maximum atomic E-state index is 12.0. The van der Waals surface area contributed by atoms with Crippen molar-refractivity contribution in [2.24, 2.45) is 0 Å². The van der Waals surface area contributed by atoms with Gasteiger partial charge in [0.2, 0.25) is 5.91 Å². The van der Waals surface area contributed by atoms with Crippen LogP contribution in [-0.2, 0) is 14.3 Å². The van der Waals surface area contributed by atoms with Crippen LogP contribution in [0.4, 0.5) is 0 Å². The molecule has 1 rings (SSSR count). The highest BCUT2D eigenvalue weighted by Gasteiger charge is 2.34. The summed E-state index contributed by atoms with van der Waals surface area (Å²) in [7, 11) is 1.31. The van der Waals surface area contributed by atoms with E-state index < -0.39 is 11.5 Å². The van der Waals surface area contributed by atoms with E-state index in [1.54, 1.807) is 25.1 Å². The molecule has 0 aliphatic carbocycles. The highest BCUT2D eigenvalue weighted by molar-refractivity contribution is 6.32. The number of carbonyl (C=O) groups is 2. The Morgan fingerprint density at radius 3 is 2.62 bits per heavy atom. The van der Waals surface area contributed by atoms with Gasteiger partial charge in [-0.2, -0.15) is 0 Å². The van der Waals surface area contributed by atoms with Crippen molar-refractivity contribution < 1.29 is 14.3 Å². The van der Waals surface area contributed by atoms with Gasteiger partial charge in [0.05, 0.1) is 7.11 Å². The fourth-order valence-electron chi connectivity index (χ4n) is 2.03. The Balaban J connectivity index is 2.79. The molecule has 0 aromatic heterocycles. The normalized spacial score (nSPS) is 13.7. The number of ether oxygens (including phenoxy) is 1. The van der Waals surface area contributed by atoms with Crippen LogP contribution in [0.3, 0.4) is 0 Å². The molecule has 0 aliphatic heterocycles. The van der Waals surface area contributed by atoms with Gasteiger partial charge < -0.3 is 10.1 Å². The van der Waals surface area contributed by atoms with Crippen molar-refractivity contribution in [1.29, 1.82) is 0 Å². The predicted molar refractivity (Wildman–Crippen MR) is 84.0 cm³/mol. The molecule has 5 heteroatoms. The number of esters is 1. The largest absolute Gasteiger partial charge is 0.467 e. The summed E-state index contributed by atoms with van der Waals surface area (Å²) >= 11 is 6.01. The number of methoxy groups -OCH3 is 1. The highest BCUT2D eigenvalue weighted by atomic mass is 35.5. The topological polar surface area (TPSA) is 55.4 Å². The lowest BCUT2D eigenvalue weighted by molar-refractivity contribution is -0.150. The fraction of sp³-hybridized carbons (Fsp3) is 0.375. The molecular weight excluding hydrogens is 290 g/mol. The van der Waals surface area contributed by atoms with Crippen molar-refractivity contribution in [2.75, 3.05) is 7.11 Å².